The molecule has 1 aromatic carbocycles. The molecule has 0 unspecified atom stereocenters. The number of hydrogen-bond acceptors (Lipinski definition) is 4. The van der Waals surface area contributed by atoms with Gasteiger partial charge < -0.3 is 22.6 Å². The van der Waals surface area contributed by atoms with E-state index in [9.17, 15) is 9.90 Å². The number of aromatic hydroxyl groups is 1. The van der Waals surface area contributed by atoms with Crippen LogP contribution in [0.2, 0.25) is 0 Å². The Hall–Kier alpha value is -2.44. The summed E-state index contributed by atoms with van der Waals surface area (Å²) in [6.07, 6.45) is 4.76. The van der Waals surface area contributed by atoms with Crippen molar-refractivity contribution in [3.8, 4) is 5.75 Å². The molecule has 0 spiro atoms. The molecule has 2 aromatic rings. The highest BCUT2D eigenvalue weighted by molar-refractivity contribution is 5.94. The van der Waals surface area contributed by atoms with Crippen LogP contribution >= 0.6 is 0 Å². The van der Waals surface area contributed by atoms with Crippen LogP contribution in [0.3, 0.4) is 0 Å². The lowest BCUT2D eigenvalue weighted by Crippen LogP contribution is -3.00. The minimum Gasteiger partial charge on any atom is -1.00 e. The lowest BCUT2D eigenvalue weighted by atomic mass is 10.2. The fourth-order valence-corrected chi connectivity index (χ4v) is 1.73. The van der Waals surface area contributed by atoms with Crippen molar-refractivity contribution in [1.82, 2.24) is 5.43 Å². The standard InChI is InChI=1S/C15H15N3O3.ClH/c19-9-8-18-7-3-5-13(11-18)15(21)17-16-10-12-4-1-2-6-14(12)20;/h1-7,10-11,19H,8-9H2,(H-,16,17,20,21);1H. The number of phenolic OH excluding ortho intramolecular Hbond substituents is 1. The average molecular weight is 322 g/mol. The van der Waals surface area contributed by atoms with E-state index in [1.807, 2.05) is 0 Å². The molecular weight excluding hydrogens is 306 g/mol. The van der Waals surface area contributed by atoms with Crippen LogP contribution in [0.1, 0.15) is 15.9 Å². The molecule has 0 bridgehead atoms. The molecule has 6 nitrogen and oxygen atoms in total. The number of benzene rings is 1. The number of phenols is 1. The van der Waals surface area contributed by atoms with Crippen LogP contribution in [0.5, 0.6) is 5.75 Å². The maximum atomic E-state index is 11.9. The minimum atomic E-state index is -0.367. The van der Waals surface area contributed by atoms with E-state index in [-0.39, 0.29) is 30.7 Å². The summed E-state index contributed by atoms with van der Waals surface area (Å²) in [7, 11) is 0. The van der Waals surface area contributed by atoms with Gasteiger partial charge in [-0.3, -0.25) is 4.79 Å². The normalized spacial score (nSPS) is 10.2. The Kier molecular flexibility index (Phi) is 7.01. The van der Waals surface area contributed by atoms with Gasteiger partial charge in [0.15, 0.2) is 18.9 Å². The molecule has 0 saturated carbocycles. The van der Waals surface area contributed by atoms with Crippen molar-refractivity contribution in [2.45, 2.75) is 6.54 Å². The molecule has 0 aliphatic heterocycles. The van der Waals surface area contributed by atoms with Gasteiger partial charge in [0.05, 0.1) is 6.21 Å². The van der Waals surface area contributed by atoms with Gasteiger partial charge in [0.25, 0.3) is 5.91 Å². The number of aliphatic hydroxyl groups excluding tert-OH is 1. The lowest BCUT2D eigenvalue weighted by molar-refractivity contribution is -0.698. The molecule has 2 rings (SSSR count). The number of halogens is 1. The summed E-state index contributed by atoms with van der Waals surface area (Å²) in [5.74, 6) is -0.273. The maximum Gasteiger partial charge on any atom is 0.277 e. The zero-order valence-electron chi connectivity index (χ0n) is 11.7. The van der Waals surface area contributed by atoms with Crippen molar-refractivity contribution in [3.05, 3.63) is 59.9 Å². The topological polar surface area (TPSA) is 85.8 Å². The fraction of sp³-hybridized carbons (Fsp3) is 0.133. The second-order valence-corrected chi connectivity index (χ2v) is 4.31. The van der Waals surface area contributed by atoms with Crippen molar-refractivity contribution < 1.29 is 32.0 Å². The van der Waals surface area contributed by atoms with E-state index in [2.05, 4.69) is 10.5 Å². The number of hydrogen-bond donors (Lipinski definition) is 3. The van der Waals surface area contributed by atoms with Gasteiger partial charge in [-0.05, 0) is 18.2 Å². The van der Waals surface area contributed by atoms with Crippen molar-refractivity contribution in [2.75, 3.05) is 6.61 Å². The van der Waals surface area contributed by atoms with Crippen molar-refractivity contribution in [2.24, 2.45) is 5.10 Å². The van der Waals surface area contributed by atoms with Crippen LogP contribution in [0.4, 0.5) is 0 Å². The molecule has 0 aliphatic rings. The largest absolute Gasteiger partial charge is 1.00 e. The Morgan fingerprint density at radius 1 is 1.27 bits per heavy atom. The quantitative estimate of drug-likeness (QED) is 0.322. The van der Waals surface area contributed by atoms with Crippen LogP contribution in [0, 0.1) is 0 Å². The van der Waals surface area contributed by atoms with Crippen LogP contribution in [0.25, 0.3) is 0 Å². The van der Waals surface area contributed by atoms with Gasteiger partial charge in [0.2, 0.25) is 0 Å². The minimum absolute atomic E-state index is 0. The number of aliphatic hydroxyl groups is 1. The number of nitrogens with zero attached hydrogens (tertiary/aromatic N) is 2. The Labute approximate surface area is 134 Å². The number of para-hydroxylation sites is 1. The van der Waals surface area contributed by atoms with Gasteiger partial charge in [0.1, 0.15) is 17.9 Å². The van der Waals surface area contributed by atoms with Crippen molar-refractivity contribution in [3.63, 3.8) is 0 Å². The molecule has 116 valence electrons. The highest BCUT2D eigenvalue weighted by Crippen LogP contribution is 2.12. The van der Waals surface area contributed by atoms with Gasteiger partial charge >= 0.3 is 0 Å². The Morgan fingerprint density at radius 3 is 2.77 bits per heavy atom. The Balaban J connectivity index is 0.00000242. The summed E-state index contributed by atoms with van der Waals surface area (Å²) in [4.78, 5) is 11.9. The number of rotatable bonds is 5. The zero-order chi connectivity index (χ0) is 15.1. The highest BCUT2D eigenvalue weighted by Gasteiger charge is 2.09. The summed E-state index contributed by atoms with van der Waals surface area (Å²) in [5, 5.41) is 22.2. The molecular formula is C15H16ClN3O3. The predicted molar refractivity (Wildman–Crippen MR) is 76.9 cm³/mol. The van der Waals surface area contributed by atoms with Gasteiger partial charge in [-0.25, -0.2) is 9.99 Å². The van der Waals surface area contributed by atoms with E-state index in [4.69, 9.17) is 5.11 Å². The number of amides is 1. The van der Waals surface area contributed by atoms with Gasteiger partial charge in [-0.15, -0.1) is 0 Å². The maximum absolute atomic E-state index is 11.9. The summed E-state index contributed by atoms with van der Waals surface area (Å²) in [5.41, 5.74) is 3.33. The molecule has 7 heteroatoms. The van der Waals surface area contributed by atoms with E-state index in [0.717, 1.165) is 0 Å². The van der Waals surface area contributed by atoms with Gasteiger partial charge in [-0.2, -0.15) is 5.10 Å². The van der Waals surface area contributed by atoms with Gasteiger partial charge in [-0.1, -0.05) is 12.1 Å². The van der Waals surface area contributed by atoms with E-state index in [1.54, 1.807) is 47.3 Å². The van der Waals surface area contributed by atoms with E-state index in [1.165, 1.54) is 12.3 Å². The molecule has 1 amide bonds. The number of nitrogens with one attached hydrogen (secondary N) is 1. The molecule has 0 atom stereocenters. The van der Waals surface area contributed by atoms with Crippen LogP contribution in [0.15, 0.2) is 53.9 Å². The van der Waals surface area contributed by atoms with E-state index in [0.29, 0.717) is 17.7 Å². The predicted octanol–water partition coefficient (Wildman–Crippen LogP) is -2.56. The number of hydrazone groups is 1. The molecule has 22 heavy (non-hydrogen) atoms. The number of aromatic nitrogens is 1. The van der Waals surface area contributed by atoms with Crippen LogP contribution in [-0.2, 0) is 6.54 Å². The number of carbonyl (C=O) groups excluding carboxylic acids is 1. The second kappa shape index (κ2) is 8.76. The summed E-state index contributed by atoms with van der Waals surface area (Å²) in [6, 6.07) is 10.1. The molecule has 1 heterocycles. The first-order valence-electron chi connectivity index (χ1n) is 6.42. The fourth-order valence-electron chi connectivity index (χ4n) is 1.73. The van der Waals surface area contributed by atoms with E-state index >= 15 is 0 Å². The van der Waals surface area contributed by atoms with Crippen molar-refractivity contribution >= 4 is 12.1 Å². The summed E-state index contributed by atoms with van der Waals surface area (Å²) >= 11 is 0. The summed E-state index contributed by atoms with van der Waals surface area (Å²) in [6.45, 7) is 0.420. The third-order valence-electron chi connectivity index (χ3n) is 2.79. The van der Waals surface area contributed by atoms with Gasteiger partial charge in [0, 0.05) is 11.6 Å². The van der Waals surface area contributed by atoms with Crippen LogP contribution < -0.4 is 22.4 Å². The van der Waals surface area contributed by atoms with Crippen LogP contribution in [-0.4, -0.2) is 28.9 Å². The Morgan fingerprint density at radius 2 is 2.05 bits per heavy atom. The second-order valence-electron chi connectivity index (χ2n) is 4.31. The van der Waals surface area contributed by atoms with E-state index < -0.39 is 0 Å². The molecule has 3 N–H and O–H groups in total. The smallest absolute Gasteiger partial charge is 0.277 e. The molecule has 0 radical (unpaired) electrons. The van der Waals surface area contributed by atoms with Crippen molar-refractivity contribution in [1.29, 1.82) is 0 Å². The highest BCUT2D eigenvalue weighted by atomic mass is 35.5. The Bertz CT molecular complexity index is 662. The average Bonchev–Trinajstić information content (AvgIpc) is 2.50. The first-order valence-corrected chi connectivity index (χ1v) is 6.42. The third kappa shape index (κ3) is 4.83. The SMILES string of the molecule is O=C(N/N=C/c1ccccc1O)c1ccc[n+](CCO)c1.[Cl-]. The number of pyridine rings is 1. The summed E-state index contributed by atoms with van der Waals surface area (Å²) < 4.78 is 1.71. The molecule has 0 fully saturated rings. The molecule has 1 aromatic heterocycles. The first kappa shape index (κ1) is 17.6. The molecule has 0 aliphatic carbocycles. The first-order chi connectivity index (χ1) is 10.2. The third-order valence-corrected chi connectivity index (χ3v) is 2.79. The molecule has 0 saturated heterocycles. The zero-order valence-corrected chi connectivity index (χ0v) is 12.4. The monoisotopic (exact) mass is 321 g/mol. The lowest BCUT2D eigenvalue weighted by Gasteiger charge is -2.00. The number of carbonyl (C=O) groups is 1.